The number of halogens is 1. The van der Waals surface area contributed by atoms with Gasteiger partial charge >= 0.3 is 0 Å². The second kappa shape index (κ2) is 5.51. The van der Waals surface area contributed by atoms with Crippen molar-refractivity contribution in [1.29, 1.82) is 0 Å². The molecule has 3 N–H and O–H groups in total. The van der Waals surface area contributed by atoms with Crippen molar-refractivity contribution in [3.05, 3.63) is 28.2 Å². The third-order valence-electron chi connectivity index (χ3n) is 2.77. The highest BCUT2D eigenvalue weighted by Crippen LogP contribution is 2.18. The Morgan fingerprint density at radius 3 is 3.06 bits per heavy atom. The first kappa shape index (κ1) is 12.4. The SMILES string of the molecule is Nc1cc(Br)ccc1C(=O)NC[C@@H]1CCCO1. The number of benzene rings is 1. The summed E-state index contributed by atoms with van der Waals surface area (Å²) in [5.41, 5.74) is 6.77. The standard InChI is InChI=1S/C12H15BrN2O2/c13-8-3-4-10(11(14)6-8)12(16)15-7-9-2-1-5-17-9/h3-4,6,9H,1-2,5,7,14H2,(H,15,16)/t9-/m0/s1. The average molecular weight is 299 g/mol. The number of rotatable bonds is 3. The van der Waals surface area contributed by atoms with E-state index in [9.17, 15) is 4.79 Å². The minimum absolute atomic E-state index is 0.148. The van der Waals surface area contributed by atoms with Crippen LogP contribution in [-0.4, -0.2) is 25.2 Å². The molecule has 1 heterocycles. The van der Waals surface area contributed by atoms with E-state index in [1.54, 1.807) is 18.2 Å². The average Bonchev–Trinajstić information content (AvgIpc) is 2.78. The van der Waals surface area contributed by atoms with E-state index in [0.717, 1.165) is 23.9 Å². The molecule has 0 aromatic heterocycles. The van der Waals surface area contributed by atoms with Crippen molar-refractivity contribution in [2.45, 2.75) is 18.9 Å². The zero-order valence-corrected chi connectivity index (χ0v) is 11.0. The number of ether oxygens (including phenoxy) is 1. The minimum Gasteiger partial charge on any atom is -0.398 e. The fourth-order valence-corrected chi connectivity index (χ4v) is 2.23. The van der Waals surface area contributed by atoms with Crippen LogP contribution in [0.5, 0.6) is 0 Å². The molecule has 0 bridgehead atoms. The molecule has 1 atom stereocenters. The van der Waals surface area contributed by atoms with Gasteiger partial charge in [0.05, 0.1) is 11.7 Å². The number of anilines is 1. The molecule has 4 nitrogen and oxygen atoms in total. The van der Waals surface area contributed by atoms with Crippen LogP contribution in [0, 0.1) is 0 Å². The summed E-state index contributed by atoms with van der Waals surface area (Å²) >= 11 is 3.31. The largest absolute Gasteiger partial charge is 0.398 e. The maximum atomic E-state index is 11.9. The van der Waals surface area contributed by atoms with E-state index in [4.69, 9.17) is 10.5 Å². The summed E-state index contributed by atoms with van der Waals surface area (Å²) in [5.74, 6) is -0.148. The van der Waals surface area contributed by atoms with Gasteiger partial charge < -0.3 is 15.8 Å². The molecule has 2 rings (SSSR count). The number of nitrogens with one attached hydrogen (secondary N) is 1. The maximum Gasteiger partial charge on any atom is 0.253 e. The zero-order valence-electron chi connectivity index (χ0n) is 9.41. The Morgan fingerprint density at radius 2 is 2.41 bits per heavy atom. The van der Waals surface area contributed by atoms with Gasteiger partial charge in [-0.2, -0.15) is 0 Å². The molecule has 17 heavy (non-hydrogen) atoms. The predicted octanol–water partition coefficient (Wildman–Crippen LogP) is 1.94. The Morgan fingerprint density at radius 1 is 1.59 bits per heavy atom. The minimum atomic E-state index is -0.148. The van der Waals surface area contributed by atoms with Crippen LogP contribution < -0.4 is 11.1 Å². The third kappa shape index (κ3) is 3.20. The number of nitrogen functional groups attached to an aromatic ring is 1. The van der Waals surface area contributed by atoms with Gasteiger partial charge in [-0.1, -0.05) is 15.9 Å². The topological polar surface area (TPSA) is 64.4 Å². The summed E-state index contributed by atoms with van der Waals surface area (Å²) in [5, 5.41) is 2.84. The first-order valence-corrected chi connectivity index (χ1v) is 6.41. The first-order valence-electron chi connectivity index (χ1n) is 5.61. The van der Waals surface area contributed by atoms with Crippen molar-refractivity contribution in [2.75, 3.05) is 18.9 Å². The molecule has 1 aliphatic heterocycles. The number of amides is 1. The molecule has 5 heteroatoms. The number of nitrogens with two attached hydrogens (primary N) is 1. The van der Waals surface area contributed by atoms with Crippen LogP contribution in [0.25, 0.3) is 0 Å². The maximum absolute atomic E-state index is 11.9. The van der Waals surface area contributed by atoms with Crippen molar-refractivity contribution in [2.24, 2.45) is 0 Å². The number of hydrogen-bond donors (Lipinski definition) is 2. The Bertz CT molecular complexity index is 417. The van der Waals surface area contributed by atoms with E-state index in [2.05, 4.69) is 21.2 Å². The van der Waals surface area contributed by atoms with Gasteiger partial charge in [0.15, 0.2) is 0 Å². The van der Waals surface area contributed by atoms with E-state index in [0.29, 0.717) is 17.8 Å². The molecule has 0 spiro atoms. The number of hydrogen-bond acceptors (Lipinski definition) is 3. The highest BCUT2D eigenvalue weighted by molar-refractivity contribution is 9.10. The number of carbonyl (C=O) groups excluding carboxylic acids is 1. The smallest absolute Gasteiger partial charge is 0.253 e. The van der Waals surface area contributed by atoms with Gasteiger partial charge in [0.1, 0.15) is 0 Å². The van der Waals surface area contributed by atoms with Gasteiger partial charge in [0.25, 0.3) is 5.91 Å². The normalized spacial score (nSPS) is 19.2. The van der Waals surface area contributed by atoms with E-state index >= 15 is 0 Å². The van der Waals surface area contributed by atoms with Crippen LogP contribution in [0.1, 0.15) is 23.2 Å². The predicted molar refractivity (Wildman–Crippen MR) is 69.9 cm³/mol. The first-order chi connectivity index (χ1) is 8.16. The zero-order chi connectivity index (χ0) is 12.3. The summed E-state index contributed by atoms with van der Waals surface area (Å²) in [6, 6.07) is 5.24. The van der Waals surface area contributed by atoms with Crippen molar-refractivity contribution < 1.29 is 9.53 Å². The van der Waals surface area contributed by atoms with E-state index in [-0.39, 0.29) is 12.0 Å². The second-order valence-electron chi connectivity index (χ2n) is 4.08. The molecule has 0 unspecified atom stereocenters. The lowest BCUT2D eigenvalue weighted by Crippen LogP contribution is -2.32. The second-order valence-corrected chi connectivity index (χ2v) is 4.99. The molecular formula is C12H15BrN2O2. The van der Waals surface area contributed by atoms with Crippen LogP contribution in [0.2, 0.25) is 0 Å². The van der Waals surface area contributed by atoms with E-state index in [1.165, 1.54) is 0 Å². The molecule has 1 saturated heterocycles. The van der Waals surface area contributed by atoms with Crippen molar-refractivity contribution >= 4 is 27.5 Å². The van der Waals surface area contributed by atoms with Crippen LogP contribution in [0.15, 0.2) is 22.7 Å². The van der Waals surface area contributed by atoms with Gasteiger partial charge in [-0.25, -0.2) is 0 Å². The van der Waals surface area contributed by atoms with Crippen molar-refractivity contribution in [3.63, 3.8) is 0 Å². The third-order valence-corrected chi connectivity index (χ3v) is 3.27. The molecule has 92 valence electrons. The van der Waals surface area contributed by atoms with Crippen LogP contribution in [0.3, 0.4) is 0 Å². The van der Waals surface area contributed by atoms with Gasteiger partial charge in [-0.05, 0) is 31.0 Å². The Labute approximate surface area is 109 Å². The highest BCUT2D eigenvalue weighted by atomic mass is 79.9. The summed E-state index contributed by atoms with van der Waals surface area (Å²) in [6.45, 7) is 1.34. The Hall–Kier alpha value is -1.07. The van der Waals surface area contributed by atoms with Crippen molar-refractivity contribution in [3.8, 4) is 0 Å². The molecule has 1 aliphatic rings. The lowest BCUT2D eigenvalue weighted by molar-refractivity contribution is 0.0858. The van der Waals surface area contributed by atoms with Crippen LogP contribution >= 0.6 is 15.9 Å². The van der Waals surface area contributed by atoms with Crippen molar-refractivity contribution in [1.82, 2.24) is 5.32 Å². The molecule has 0 aliphatic carbocycles. The van der Waals surface area contributed by atoms with Gasteiger partial charge in [-0.3, -0.25) is 4.79 Å². The van der Waals surface area contributed by atoms with Gasteiger partial charge in [-0.15, -0.1) is 0 Å². The van der Waals surface area contributed by atoms with Gasteiger partial charge in [0.2, 0.25) is 0 Å². The number of carbonyl (C=O) groups is 1. The summed E-state index contributed by atoms with van der Waals surface area (Å²) < 4.78 is 6.30. The van der Waals surface area contributed by atoms with Crippen LogP contribution in [0.4, 0.5) is 5.69 Å². The van der Waals surface area contributed by atoms with E-state index in [1.807, 2.05) is 0 Å². The molecule has 1 aromatic carbocycles. The Balaban J connectivity index is 1.94. The fourth-order valence-electron chi connectivity index (χ4n) is 1.85. The lowest BCUT2D eigenvalue weighted by atomic mass is 10.1. The fraction of sp³-hybridized carbons (Fsp3) is 0.417. The molecule has 0 radical (unpaired) electrons. The van der Waals surface area contributed by atoms with Gasteiger partial charge in [0, 0.05) is 23.3 Å². The highest BCUT2D eigenvalue weighted by Gasteiger charge is 2.17. The molecule has 1 fully saturated rings. The molecular weight excluding hydrogens is 284 g/mol. The lowest BCUT2D eigenvalue weighted by Gasteiger charge is -2.11. The van der Waals surface area contributed by atoms with E-state index < -0.39 is 0 Å². The molecule has 1 amide bonds. The summed E-state index contributed by atoms with van der Waals surface area (Å²) in [4.78, 5) is 11.9. The van der Waals surface area contributed by atoms with Crippen LogP contribution in [-0.2, 0) is 4.74 Å². The summed E-state index contributed by atoms with van der Waals surface area (Å²) in [7, 11) is 0. The molecule has 0 saturated carbocycles. The monoisotopic (exact) mass is 298 g/mol. The molecule has 1 aromatic rings. The quantitative estimate of drug-likeness (QED) is 0.838. The summed E-state index contributed by atoms with van der Waals surface area (Å²) in [6.07, 6.45) is 2.23. The Kier molecular flexibility index (Phi) is 4.02.